The summed E-state index contributed by atoms with van der Waals surface area (Å²) >= 11 is 0. The van der Waals surface area contributed by atoms with Crippen LogP contribution in [0.4, 0.5) is 0 Å². The van der Waals surface area contributed by atoms with Gasteiger partial charge in [0.2, 0.25) is 0 Å². The molecule has 40 valence electrons. The zero-order valence-electron chi connectivity index (χ0n) is 4.73. The van der Waals surface area contributed by atoms with Gasteiger partial charge in [0.1, 0.15) is 5.84 Å². The fourth-order valence-corrected chi connectivity index (χ4v) is 0.247. The molecule has 0 heterocycles. The SMILES string of the molecule is CC=NC(=N)CC. The van der Waals surface area contributed by atoms with Gasteiger partial charge in [-0.05, 0) is 6.92 Å². The van der Waals surface area contributed by atoms with Crippen molar-refractivity contribution in [1.82, 2.24) is 0 Å². The molecule has 7 heavy (non-hydrogen) atoms. The monoisotopic (exact) mass is 98.1 g/mol. The van der Waals surface area contributed by atoms with E-state index in [1.807, 2.05) is 13.8 Å². The Morgan fingerprint density at radius 2 is 2.43 bits per heavy atom. The Hall–Kier alpha value is -0.660. The van der Waals surface area contributed by atoms with Crippen molar-refractivity contribution in [3.05, 3.63) is 0 Å². The van der Waals surface area contributed by atoms with Crippen LogP contribution in [-0.4, -0.2) is 12.1 Å². The van der Waals surface area contributed by atoms with E-state index < -0.39 is 0 Å². The predicted octanol–water partition coefficient (Wildman–Crippen LogP) is 1.46. The number of aliphatic imine (C=N–C) groups is 1. The van der Waals surface area contributed by atoms with Gasteiger partial charge in [-0.25, -0.2) is 4.99 Å². The third kappa shape index (κ3) is 3.16. The molecule has 0 aliphatic heterocycles. The van der Waals surface area contributed by atoms with Crippen LogP contribution in [-0.2, 0) is 0 Å². The van der Waals surface area contributed by atoms with Crippen molar-refractivity contribution in [2.45, 2.75) is 20.3 Å². The van der Waals surface area contributed by atoms with Crippen LogP contribution in [0.15, 0.2) is 4.99 Å². The molecule has 0 saturated heterocycles. The van der Waals surface area contributed by atoms with Crippen LogP contribution in [0.25, 0.3) is 0 Å². The van der Waals surface area contributed by atoms with Crippen molar-refractivity contribution in [1.29, 1.82) is 5.41 Å². The van der Waals surface area contributed by atoms with E-state index in [2.05, 4.69) is 4.99 Å². The van der Waals surface area contributed by atoms with Gasteiger partial charge >= 0.3 is 0 Å². The van der Waals surface area contributed by atoms with Crippen LogP contribution in [0.5, 0.6) is 0 Å². The summed E-state index contributed by atoms with van der Waals surface area (Å²) in [5.74, 6) is 0.447. The maximum atomic E-state index is 6.94. The second kappa shape index (κ2) is 3.53. The maximum Gasteiger partial charge on any atom is 0.119 e. The lowest BCUT2D eigenvalue weighted by Crippen LogP contribution is -1.85. The summed E-state index contributed by atoms with van der Waals surface area (Å²) in [5.41, 5.74) is 0. The van der Waals surface area contributed by atoms with Crippen molar-refractivity contribution in [3.8, 4) is 0 Å². The van der Waals surface area contributed by atoms with Gasteiger partial charge in [-0.1, -0.05) is 6.92 Å². The topological polar surface area (TPSA) is 36.2 Å². The van der Waals surface area contributed by atoms with Crippen LogP contribution in [0.1, 0.15) is 20.3 Å². The van der Waals surface area contributed by atoms with E-state index in [9.17, 15) is 0 Å². The van der Waals surface area contributed by atoms with Crippen LogP contribution in [0.3, 0.4) is 0 Å². The van der Waals surface area contributed by atoms with Crippen LogP contribution < -0.4 is 0 Å². The van der Waals surface area contributed by atoms with Gasteiger partial charge in [0.05, 0.1) is 0 Å². The third-order valence-electron chi connectivity index (χ3n) is 0.620. The normalized spacial score (nSPS) is 10.0. The Morgan fingerprint density at radius 1 is 1.86 bits per heavy atom. The van der Waals surface area contributed by atoms with Gasteiger partial charge in [0.15, 0.2) is 0 Å². The minimum atomic E-state index is 0.447. The molecule has 0 unspecified atom stereocenters. The van der Waals surface area contributed by atoms with E-state index >= 15 is 0 Å². The molecule has 0 aliphatic rings. The van der Waals surface area contributed by atoms with Crippen molar-refractivity contribution in [3.63, 3.8) is 0 Å². The molecule has 0 radical (unpaired) electrons. The smallest absolute Gasteiger partial charge is 0.119 e. The van der Waals surface area contributed by atoms with Crippen LogP contribution in [0.2, 0.25) is 0 Å². The van der Waals surface area contributed by atoms with Gasteiger partial charge < -0.3 is 0 Å². The predicted molar refractivity (Wildman–Crippen MR) is 32.2 cm³/mol. The lowest BCUT2D eigenvalue weighted by atomic mass is 10.5. The van der Waals surface area contributed by atoms with Crippen molar-refractivity contribution >= 4 is 12.1 Å². The highest BCUT2D eigenvalue weighted by Crippen LogP contribution is 1.79. The summed E-state index contributed by atoms with van der Waals surface area (Å²) in [4.78, 5) is 3.70. The second-order valence-electron chi connectivity index (χ2n) is 1.19. The molecule has 0 aliphatic carbocycles. The Balaban J connectivity index is 3.37. The Labute approximate surface area is 43.8 Å². The van der Waals surface area contributed by atoms with E-state index in [1.54, 1.807) is 6.21 Å². The molecule has 1 N–H and O–H groups in total. The number of amidine groups is 1. The van der Waals surface area contributed by atoms with Crippen molar-refractivity contribution in [2.75, 3.05) is 0 Å². The summed E-state index contributed by atoms with van der Waals surface area (Å²) < 4.78 is 0. The first-order chi connectivity index (χ1) is 3.31. The molecule has 0 fully saturated rings. The van der Waals surface area contributed by atoms with E-state index in [4.69, 9.17) is 5.41 Å². The Kier molecular flexibility index (Phi) is 3.19. The summed E-state index contributed by atoms with van der Waals surface area (Å²) in [7, 11) is 0. The average molecular weight is 98.1 g/mol. The zero-order valence-corrected chi connectivity index (χ0v) is 4.73. The van der Waals surface area contributed by atoms with E-state index in [1.165, 1.54) is 0 Å². The molecule has 0 aromatic heterocycles. The van der Waals surface area contributed by atoms with E-state index in [-0.39, 0.29) is 0 Å². The number of nitrogens with zero attached hydrogens (tertiary/aromatic N) is 1. The Morgan fingerprint density at radius 3 is 2.57 bits per heavy atom. The molecule has 0 spiro atoms. The van der Waals surface area contributed by atoms with Gasteiger partial charge in [0.25, 0.3) is 0 Å². The van der Waals surface area contributed by atoms with Crippen molar-refractivity contribution < 1.29 is 0 Å². The first-order valence-electron chi connectivity index (χ1n) is 2.37. The molecule has 0 aromatic carbocycles. The summed E-state index contributed by atoms with van der Waals surface area (Å²) in [6, 6.07) is 0. The minimum absolute atomic E-state index is 0.447. The van der Waals surface area contributed by atoms with Gasteiger partial charge in [-0.15, -0.1) is 0 Å². The van der Waals surface area contributed by atoms with Gasteiger partial charge in [-0.3, -0.25) is 5.41 Å². The number of rotatable bonds is 1. The highest BCUT2D eigenvalue weighted by molar-refractivity contribution is 5.86. The minimum Gasteiger partial charge on any atom is -0.287 e. The first-order valence-corrected chi connectivity index (χ1v) is 2.37. The quantitative estimate of drug-likeness (QED) is 0.381. The number of hydrogen-bond acceptors (Lipinski definition) is 1. The molecule has 0 saturated carbocycles. The van der Waals surface area contributed by atoms with Crippen molar-refractivity contribution in [2.24, 2.45) is 4.99 Å². The molecule has 0 aromatic rings. The second-order valence-corrected chi connectivity index (χ2v) is 1.19. The molecule has 2 nitrogen and oxygen atoms in total. The van der Waals surface area contributed by atoms with Crippen LogP contribution >= 0.6 is 0 Å². The standard InChI is InChI=1S/C5H10N2/c1-3-5(6)7-4-2/h4,6H,3H2,1-2H3. The largest absolute Gasteiger partial charge is 0.287 e. The zero-order chi connectivity index (χ0) is 5.70. The highest BCUT2D eigenvalue weighted by Gasteiger charge is 1.79. The number of nitrogens with one attached hydrogen (secondary N) is 1. The molecule has 0 atom stereocenters. The fourth-order valence-electron chi connectivity index (χ4n) is 0.247. The molecule has 0 bridgehead atoms. The van der Waals surface area contributed by atoms with Gasteiger partial charge in [-0.2, -0.15) is 0 Å². The lowest BCUT2D eigenvalue weighted by molar-refractivity contribution is 1.21. The van der Waals surface area contributed by atoms with Gasteiger partial charge in [0, 0.05) is 12.6 Å². The maximum absolute atomic E-state index is 6.94. The third-order valence-corrected chi connectivity index (χ3v) is 0.620. The molecular formula is C5H10N2. The molecular weight excluding hydrogens is 88.1 g/mol. The Bertz CT molecular complexity index is 84.1. The molecule has 2 heteroatoms. The van der Waals surface area contributed by atoms with E-state index in [0.717, 1.165) is 6.42 Å². The number of hydrogen-bond donors (Lipinski definition) is 1. The first kappa shape index (κ1) is 6.34. The molecule has 0 amide bonds. The fraction of sp³-hybridized carbons (Fsp3) is 0.600. The summed E-state index contributed by atoms with van der Waals surface area (Å²) in [6.07, 6.45) is 2.36. The average Bonchev–Trinajstić information content (AvgIpc) is 1.68. The summed E-state index contributed by atoms with van der Waals surface area (Å²) in [6.45, 7) is 3.72. The van der Waals surface area contributed by atoms with E-state index in [0.29, 0.717) is 5.84 Å². The summed E-state index contributed by atoms with van der Waals surface area (Å²) in [5, 5.41) is 6.94. The lowest BCUT2D eigenvalue weighted by Gasteiger charge is -1.83. The highest BCUT2D eigenvalue weighted by atomic mass is 14.8. The molecule has 0 rings (SSSR count). The van der Waals surface area contributed by atoms with Crippen LogP contribution in [0, 0.1) is 5.41 Å².